The fourth-order valence-electron chi connectivity index (χ4n) is 9.25. The lowest BCUT2D eigenvalue weighted by Gasteiger charge is -2.42. The molecule has 81 heavy (non-hydrogen) atoms. The highest BCUT2D eigenvalue weighted by molar-refractivity contribution is 5.88. The zero-order chi connectivity index (χ0) is 59.6. The first-order valence-electron chi connectivity index (χ1n) is 25.7. The second-order valence-corrected chi connectivity index (χ2v) is 21.0. The molecule has 2 aromatic carbocycles. The third kappa shape index (κ3) is 16.2. The number of Topliss-reactive ketones (excluding diaryl/α,β-unsaturated/α-hetero) is 1. The SMILES string of the molecule is COC(=O)C[C@H](C(=O)NCN(CCc1c(F)cc(-c2cnn(C(F)F)c2)cc1F)C[C@H](O)[C@@H](CC(=O)[C@@H](NC(=O)OC)C(C)(C)C(F)(F)F)Cc1ccc(C#Cc2ccc(N3CCN(C4COC4)CC3)nc2)cc1)C(C)(C)C(F)(F)F. The Morgan fingerprint density at radius 2 is 1.44 bits per heavy atom. The molecule has 26 heteroatoms. The van der Waals surface area contributed by atoms with Crippen LogP contribution in [-0.4, -0.2) is 157 Å². The van der Waals surface area contributed by atoms with Gasteiger partial charge < -0.3 is 34.9 Å². The molecule has 16 nitrogen and oxygen atoms in total. The van der Waals surface area contributed by atoms with Crippen molar-refractivity contribution in [3.63, 3.8) is 0 Å². The third-order valence-corrected chi connectivity index (χ3v) is 14.9. The number of methoxy groups -OCH3 is 2. The quantitative estimate of drug-likeness (QED) is 0.0285. The average Bonchev–Trinajstić information content (AvgIpc) is 3.94. The number of alkyl carbamates (subject to hydrolysis) is 1. The van der Waals surface area contributed by atoms with Gasteiger partial charge in [-0.25, -0.2) is 23.2 Å². The van der Waals surface area contributed by atoms with E-state index in [0.29, 0.717) is 50.4 Å². The number of alkyl halides is 8. The number of carbonyl (C=O) groups excluding carboxylic acids is 4. The maximum atomic E-state index is 15.8. The minimum atomic E-state index is -5.09. The second kappa shape index (κ2) is 26.8. The van der Waals surface area contributed by atoms with E-state index in [1.807, 2.05) is 17.4 Å². The lowest BCUT2D eigenvalue weighted by Crippen LogP contribution is -2.56. The standard InChI is InChI=1S/C55H64F10N8O8/c1-52(2,54(60,61)62)41(25-47(76)79-5)49(77)67-32-70(16-15-40-42(56)22-36(23-43(40)57)38-27-68-73(28-38)50(58)59)29-45(75)37(24-44(74)48(69-51(78)80-6)53(3,4)55(63,64)65)21-34-10-7-33(8-11-34)9-12-35-13-14-46(66-26-35)72-19-17-71(18-20-72)39-30-81-31-39/h7-8,10-11,13-14,22-23,26-28,37,39,41,45,48,50,75H,15-21,24-25,29-32H2,1-6H3,(H,67,77)(H,69,78)/t37-,41-,45+,48-/m1/s1. The lowest BCUT2D eigenvalue weighted by atomic mass is 9.75. The Morgan fingerprint density at radius 3 is 1.98 bits per heavy atom. The molecular formula is C55H64F10N8O8. The molecule has 2 aliphatic rings. The number of aliphatic hydroxyl groups excluding tert-OH is 1. The molecule has 2 amide bonds. The van der Waals surface area contributed by atoms with E-state index in [4.69, 9.17) is 4.74 Å². The minimum absolute atomic E-state index is 0.0692. The number of ketones is 1. The van der Waals surface area contributed by atoms with Gasteiger partial charge in [-0.3, -0.25) is 24.2 Å². The van der Waals surface area contributed by atoms with E-state index in [1.54, 1.807) is 30.5 Å². The number of halogens is 10. The summed E-state index contributed by atoms with van der Waals surface area (Å²) in [6, 6.07) is 9.96. The van der Waals surface area contributed by atoms with Crippen LogP contribution in [0.15, 0.2) is 67.1 Å². The van der Waals surface area contributed by atoms with Gasteiger partial charge in [0, 0.05) is 80.3 Å². The molecule has 3 N–H and O–H groups in total. The average molecular weight is 1160 g/mol. The molecule has 2 saturated heterocycles. The van der Waals surface area contributed by atoms with Gasteiger partial charge in [-0.05, 0) is 80.1 Å². The van der Waals surface area contributed by atoms with Crippen molar-refractivity contribution in [2.24, 2.45) is 22.7 Å². The van der Waals surface area contributed by atoms with E-state index >= 15 is 8.78 Å². The van der Waals surface area contributed by atoms with E-state index < -0.39 is 134 Å². The highest BCUT2D eigenvalue weighted by Crippen LogP contribution is 2.45. The molecule has 0 unspecified atom stereocenters. The van der Waals surface area contributed by atoms with Gasteiger partial charge in [0.15, 0.2) is 5.78 Å². The first-order chi connectivity index (χ1) is 38.0. The number of aromatic nitrogens is 3. The molecule has 4 heterocycles. The first kappa shape index (κ1) is 63.4. The van der Waals surface area contributed by atoms with Crippen molar-refractivity contribution in [1.29, 1.82) is 0 Å². The molecule has 2 aliphatic heterocycles. The number of pyridine rings is 1. The number of esters is 1. The largest absolute Gasteiger partial charge is 0.469 e. The Balaban J connectivity index is 1.28. The molecular weight excluding hydrogens is 1090 g/mol. The van der Waals surface area contributed by atoms with Crippen molar-refractivity contribution < 1.29 is 82.4 Å². The van der Waals surface area contributed by atoms with E-state index in [2.05, 4.69) is 46.5 Å². The first-order valence-corrected chi connectivity index (χ1v) is 25.7. The summed E-state index contributed by atoms with van der Waals surface area (Å²) in [5.41, 5.74) is -5.05. The van der Waals surface area contributed by atoms with Crippen LogP contribution in [0.4, 0.5) is 54.5 Å². The van der Waals surface area contributed by atoms with Crippen LogP contribution in [0.3, 0.4) is 0 Å². The second-order valence-electron chi connectivity index (χ2n) is 21.0. The molecule has 0 spiro atoms. The summed E-state index contributed by atoms with van der Waals surface area (Å²) in [7, 11) is 1.77. The smallest absolute Gasteiger partial charge is 0.407 e. The predicted molar refractivity (Wildman–Crippen MR) is 274 cm³/mol. The van der Waals surface area contributed by atoms with Gasteiger partial charge in [0.05, 0.1) is 75.6 Å². The van der Waals surface area contributed by atoms with Crippen LogP contribution in [0.1, 0.15) is 69.3 Å². The van der Waals surface area contributed by atoms with Gasteiger partial charge in [0.1, 0.15) is 23.5 Å². The van der Waals surface area contributed by atoms with Crippen LogP contribution in [0.2, 0.25) is 0 Å². The van der Waals surface area contributed by atoms with Crippen LogP contribution >= 0.6 is 0 Å². The number of piperazine rings is 1. The minimum Gasteiger partial charge on any atom is -0.469 e. The van der Waals surface area contributed by atoms with E-state index in [9.17, 15) is 59.4 Å². The number of hydrogen-bond donors (Lipinski definition) is 3. The van der Waals surface area contributed by atoms with Crippen molar-refractivity contribution in [2.75, 3.05) is 78.3 Å². The Bertz CT molecular complexity index is 2840. The Morgan fingerprint density at radius 1 is 0.827 bits per heavy atom. The van der Waals surface area contributed by atoms with E-state index in [1.165, 1.54) is 0 Å². The molecule has 0 bridgehead atoms. The number of benzene rings is 2. The number of nitrogens with one attached hydrogen (secondary N) is 2. The van der Waals surface area contributed by atoms with Crippen molar-refractivity contribution in [1.82, 2.24) is 35.2 Å². The number of nitrogens with zero attached hydrogens (tertiary/aromatic N) is 6. The lowest BCUT2D eigenvalue weighted by molar-refractivity contribution is -0.230. The van der Waals surface area contributed by atoms with Crippen LogP contribution in [-0.2, 0) is 41.4 Å². The Hall–Kier alpha value is -6.82. The van der Waals surface area contributed by atoms with Gasteiger partial charge >= 0.3 is 31.0 Å². The maximum absolute atomic E-state index is 15.8. The fourth-order valence-corrected chi connectivity index (χ4v) is 9.25. The number of ether oxygens (including phenoxy) is 3. The number of rotatable bonds is 23. The molecule has 2 aromatic heterocycles. The monoisotopic (exact) mass is 1150 g/mol. The number of hydrogen-bond acceptors (Lipinski definition) is 13. The molecule has 0 aliphatic carbocycles. The Kier molecular flexibility index (Phi) is 21.0. The van der Waals surface area contributed by atoms with Gasteiger partial charge in [-0.15, -0.1) is 0 Å². The summed E-state index contributed by atoms with van der Waals surface area (Å²) in [6.45, 7) is 2.56. The zero-order valence-electron chi connectivity index (χ0n) is 45.3. The number of anilines is 1. The molecule has 0 saturated carbocycles. The fraction of sp³-hybridized carbons (Fsp3) is 0.527. The van der Waals surface area contributed by atoms with Gasteiger partial charge in [-0.1, -0.05) is 37.8 Å². The van der Waals surface area contributed by atoms with Crippen molar-refractivity contribution in [2.45, 2.75) is 90.5 Å². The summed E-state index contributed by atoms with van der Waals surface area (Å²) in [5.74, 6) is -2.61. The number of aliphatic hydroxyl groups is 1. The summed E-state index contributed by atoms with van der Waals surface area (Å²) in [4.78, 5) is 63.1. The normalized spacial score (nSPS) is 16.2. The summed E-state index contributed by atoms with van der Waals surface area (Å²) in [5, 5.41) is 19.9. The predicted octanol–water partition coefficient (Wildman–Crippen LogP) is 7.72. The van der Waals surface area contributed by atoms with Crippen LogP contribution in [0, 0.1) is 46.1 Å². The van der Waals surface area contributed by atoms with Crippen LogP contribution in [0.5, 0.6) is 0 Å². The maximum Gasteiger partial charge on any atom is 0.407 e. The Labute approximate surface area is 461 Å². The van der Waals surface area contributed by atoms with Gasteiger partial charge in [0.2, 0.25) is 5.91 Å². The molecule has 2 fully saturated rings. The van der Waals surface area contributed by atoms with Crippen molar-refractivity contribution in [3.05, 3.63) is 101 Å². The molecule has 4 atom stereocenters. The van der Waals surface area contributed by atoms with Gasteiger partial charge in [0.25, 0.3) is 0 Å². The molecule has 4 aromatic rings. The van der Waals surface area contributed by atoms with Gasteiger partial charge in [-0.2, -0.15) is 40.2 Å². The van der Waals surface area contributed by atoms with Crippen molar-refractivity contribution in [3.8, 4) is 23.0 Å². The topological polar surface area (TPSA) is 181 Å². The summed E-state index contributed by atoms with van der Waals surface area (Å²) in [6.07, 6.45) is -12.6. The van der Waals surface area contributed by atoms with Crippen LogP contribution < -0.4 is 15.5 Å². The van der Waals surface area contributed by atoms with Crippen LogP contribution in [0.25, 0.3) is 11.1 Å². The van der Waals surface area contributed by atoms with E-state index in [0.717, 1.165) is 88.9 Å². The number of carbonyl (C=O) groups is 4. The molecule has 442 valence electrons. The molecule has 6 rings (SSSR count). The molecule has 0 radical (unpaired) electrons. The van der Waals surface area contributed by atoms with Crippen molar-refractivity contribution >= 4 is 29.6 Å². The highest BCUT2D eigenvalue weighted by atomic mass is 19.4. The summed E-state index contributed by atoms with van der Waals surface area (Å²) < 4.78 is 160. The third-order valence-electron chi connectivity index (χ3n) is 14.9. The number of amides is 2. The summed E-state index contributed by atoms with van der Waals surface area (Å²) >= 11 is 0. The highest BCUT2D eigenvalue weighted by Gasteiger charge is 2.56. The van der Waals surface area contributed by atoms with E-state index in [-0.39, 0.29) is 22.2 Å². The zero-order valence-corrected chi connectivity index (χ0v) is 45.3.